The quantitative estimate of drug-likeness (QED) is 0.550. The predicted molar refractivity (Wildman–Crippen MR) is 125 cm³/mol. The van der Waals surface area contributed by atoms with Gasteiger partial charge in [-0.1, -0.05) is 62.4 Å². The van der Waals surface area contributed by atoms with E-state index in [-0.39, 0.29) is 25.0 Å². The minimum Gasteiger partial charge on any atom is -0.479 e. The number of ether oxygens (including phenoxy) is 2. The number of carboxylic acid groups (broad SMARTS) is 1. The van der Waals surface area contributed by atoms with Crippen LogP contribution in [0.15, 0.2) is 48.5 Å². The zero-order chi connectivity index (χ0) is 24.2. The van der Waals surface area contributed by atoms with Crippen molar-refractivity contribution in [2.24, 2.45) is 5.92 Å². The Morgan fingerprint density at radius 1 is 1.06 bits per heavy atom. The van der Waals surface area contributed by atoms with Gasteiger partial charge >= 0.3 is 12.1 Å². The van der Waals surface area contributed by atoms with Gasteiger partial charge in [0.1, 0.15) is 12.6 Å². The van der Waals surface area contributed by atoms with Crippen LogP contribution in [0.4, 0.5) is 4.79 Å². The Bertz CT molecular complexity index is 1020. The molecule has 1 heterocycles. The van der Waals surface area contributed by atoms with E-state index >= 15 is 0 Å². The van der Waals surface area contributed by atoms with Crippen LogP contribution in [0.3, 0.4) is 0 Å². The van der Waals surface area contributed by atoms with E-state index in [1.807, 2.05) is 50.2 Å². The topological polar surface area (TPSA) is 114 Å². The van der Waals surface area contributed by atoms with Crippen LogP contribution in [-0.4, -0.2) is 54.5 Å². The van der Waals surface area contributed by atoms with Crippen molar-refractivity contribution in [3.63, 3.8) is 0 Å². The Kier molecular flexibility index (Phi) is 7.17. The monoisotopic (exact) mass is 466 g/mol. The van der Waals surface area contributed by atoms with Gasteiger partial charge in [-0.25, -0.2) is 9.59 Å². The summed E-state index contributed by atoms with van der Waals surface area (Å²) in [7, 11) is 0. The number of amides is 2. The zero-order valence-electron chi connectivity index (χ0n) is 19.3. The summed E-state index contributed by atoms with van der Waals surface area (Å²) in [6.45, 7) is 4.29. The third-order valence-electron chi connectivity index (χ3n) is 6.32. The van der Waals surface area contributed by atoms with E-state index in [2.05, 4.69) is 22.8 Å². The molecule has 4 rings (SSSR count). The van der Waals surface area contributed by atoms with Crippen LogP contribution in [0.5, 0.6) is 0 Å². The first-order valence-electron chi connectivity index (χ1n) is 11.6. The van der Waals surface area contributed by atoms with Gasteiger partial charge in [0.2, 0.25) is 5.91 Å². The Labute approximate surface area is 198 Å². The van der Waals surface area contributed by atoms with Crippen molar-refractivity contribution >= 4 is 18.0 Å². The van der Waals surface area contributed by atoms with Gasteiger partial charge < -0.3 is 25.2 Å². The predicted octanol–water partition coefficient (Wildman–Crippen LogP) is 3.30. The molecule has 2 aromatic rings. The standard InChI is InChI=1S/C26H30N2O6/c1-15(2)13-22(24(29)27-21-11-12-33-23(21)25(30)31)28-26(32)34-14-20-18-9-5-3-7-16(18)17-8-4-6-10-19(17)20/h3-10,15,20-23H,11-14H2,1-2H3,(H,27,29)(H,28,32)(H,30,31)/t21-,22?,23+/m0/s1. The third kappa shape index (κ3) is 5.07. The molecule has 1 aliphatic heterocycles. The molecule has 1 unspecified atom stereocenters. The van der Waals surface area contributed by atoms with Gasteiger partial charge in [0.05, 0.1) is 6.04 Å². The number of rotatable bonds is 8. The van der Waals surface area contributed by atoms with E-state index in [4.69, 9.17) is 9.47 Å². The summed E-state index contributed by atoms with van der Waals surface area (Å²) in [5.74, 6) is -1.51. The molecule has 3 N–H and O–H groups in total. The molecule has 0 spiro atoms. The van der Waals surface area contributed by atoms with Gasteiger partial charge in [-0.2, -0.15) is 0 Å². The highest BCUT2D eigenvalue weighted by Gasteiger charge is 2.37. The fourth-order valence-corrected chi connectivity index (χ4v) is 4.75. The molecule has 8 heteroatoms. The average molecular weight is 467 g/mol. The van der Waals surface area contributed by atoms with Crippen LogP contribution in [0.25, 0.3) is 11.1 Å². The number of hydrogen-bond acceptors (Lipinski definition) is 5. The number of alkyl carbamates (subject to hydrolysis) is 1. The summed E-state index contributed by atoms with van der Waals surface area (Å²) in [5, 5.41) is 14.7. The Hall–Kier alpha value is -3.39. The first-order chi connectivity index (χ1) is 16.3. The average Bonchev–Trinajstić information content (AvgIpc) is 3.39. The van der Waals surface area contributed by atoms with Crippen LogP contribution in [0.1, 0.15) is 43.7 Å². The number of carbonyl (C=O) groups excluding carboxylic acids is 2. The SMILES string of the molecule is CC(C)CC(NC(=O)OCC1c2ccccc2-c2ccccc21)C(=O)N[C@H]1CCO[C@H]1C(=O)O. The van der Waals surface area contributed by atoms with Crippen molar-refractivity contribution in [3.05, 3.63) is 59.7 Å². The van der Waals surface area contributed by atoms with Gasteiger partial charge in [0.25, 0.3) is 0 Å². The Morgan fingerprint density at radius 2 is 1.68 bits per heavy atom. The van der Waals surface area contributed by atoms with Crippen LogP contribution in [-0.2, 0) is 19.1 Å². The second-order valence-corrected chi connectivity index (χ2v) is 9.19. The van der Waals surface area contributed by atoms with Gasteiger partial charge in [-0.05, 0) is 41.0 Å². The van der Waals surface area contributed by atoms with Gasteiger partial charge in [0.15, 0.2) is 6.10 Å². The normalized spacial score (nSPS) is 19.9. The number of carbonyl (C=O) groups is 3. The lowest BCUT2D eigenvalue weighted by Crippen LogP contribution is -2.53. The molecular formula is C26H30N2O6. The molecule has 0 radical (unpaired) electrons. The maximum absolute atomic E-state index is 12.9. The van der Waals surface area contributed by atoms with Crippen LogP contribution in [0, 0.1) is 5.92 Å². The summed E-state index contributed by atoms with van der Waals surface area (Å²) < 4.78 is 10.8. The smallest absolute Gasteiger partial charge is 0.407 e. The van der Waals surface area contributed by atoms with Crippen molar-refractivity contribution in [2.45, 2.75) is 50.8 Å². The third-order valence-corrected chi connectivity index (χ3v) is 6.32. The molecule has 2 amide bonds. The highest BCUT2D eigenvalue weighted by Crippen LogP contribution is 2.44. The summed E-state index contributed by atoms with van der Waals surface area (Å²) in [6.07, 6.45) is -0.971. The van der Waals surface area contributed by atoms with Crippen molar-refractivity contribution in [3.8, 4) is 11.1 Å². The number of fused-ring (bicyclic) bond motifs is 3. The molecule has 2 aliphatic rings. The van der Waals surface area contributed by atoms with Crippen molar-refractivity contribution < 1.29 is 29.0 Å². The van der Waals surface area contributed by atoms with Gasteiger partial charge in [-0.3, -0.25) is 4.79 Å². The maximum atomic E-state index is 12.9. The first-order valence-corrected chi connectivity index (χ1v) is 11.6. The molecule has 0 bridgehead atoms. The fourth-order valence-electron chi connectivity index (χ4n) is 4.75. The second-order valence-electron chi connectivity index (χ2n) is 9.19. The molecule has 8 nitrogen and oxygen atoms in total. The number of hydrogen-bond donors (Lipinski definition) is 3. The fraction of sp³-hybridized carbons (Fsp3) is 0.423. The Morgan fingerprint density at radius 3 is 2.26 bits per heavy atom. The van der Waals surface area contributed by atoms with E-state index in [1.54, 1.807) is 0 Å². The number of carboxylic acids is 1. The van der Waals surface area contributed by atoms with Crippen molar-refractivity contribution in [2.75, 3.05) is 13.2 Å². The molecule has 3 atom stereocenters. The largest absolute Gasteiger partial charge is 0.479 e. The minimum absolute atomic E-state index is 0.0810. The summed E-state index contributed by atoms with van der Waals surface area (Å²) in [5.41, 5.74) is 4.48. The second kappa shape index (κ2) is 10.3. The molecule has 180 valence electrons. The maximum Gasteiger partial charge on any atom is 0.407 e. The van der Waals surface area contributed by atoms with E-state index in [0.29, 0.717) is 12.8 Å². The van der Waals surface area contributed by atoms with Crippen molar-refractivity contribution in [1.29, 1.82) is 0 Å². The molecule has 2 aromatic carbocycles. The zero-order valence-corrected chi connectivity index (χ0v) is 19.3. The molecule has 34 heavy (non-hydrogen) atoms. The lowest BCUT2D eigenvalue weighted by molar-refractivity contribution is -0.148. The highest BCUT2D eigenvalue weighted by molar-refractivity contribution is 5.87. The summed E-state index contributed by atoms with van der Waals surface area (Å²) >= 11 is 0. The van der Waals surface area contributed by atoms with Gasteiger partial charge in [0, 0.05) is 12.5 Å². The van der Waals surface area contributed by atoms with Crippen molar-refractivity contribution in [1.82, 2.24) is 10.6 Å². The van der Waals surface area contributed by atoms with E-state index in [0.717, 1.165) is 22.3 Å². The number of aliphatic carboxylic acids is 1. The van der Waals surface area contributed by atoms with Gasteiger partial charge in [-0.15, -0.1) is 0 Å². The number of nitrogens with one attached hydrogen (secondary N) is 2. The highest BCUT2D eigenvalue weighted by atomic mass is 16.5. The molecule has 0 aromatic heterocycles. The lowest BCUT2D eigenvalue weighted by atomic mass is 9.98. The van der Waals surface area contributed by atoms with Crippen LogP contribution >= 0.6 is 0 Å². The summed E-state index contributed by atoms with van der Waals surface area (Å²) in [6, 6.07) is 14.7. The molecule has 0 saturated carbocycles. The minimum atomic E-state index is -1.12. The molecule has 1 saturated heterocycles. The van der Waals surface area contributed by atoms with Crippen LogP contribution in [0.2, 0.25) is 0 Å². The van der Waals surface area contributed by atoms with Crippen LogP contribution < -0.4 is 10.6 Å². The molecule has 1 fully saturated rings. The van der Waals surface area contributed by atoms with E-state index in [1.165, 1.54) is 0 Å². The lowest BCUT2D eigenvalue weighted by Gasteiger charge is -2.24. The Balaban J connectivity index is 1.40. The number of benzene rings is 2. The molecular weight excluding hydrogens is 436 g/mol. The van der Waals surface area contributed by atoms with E-state index in [9.17, 15) is 19.5 Å². The summed E-state index contributed by atoms with van der Waals surface area (Å²) in [4.78, 5) is 36.9. The van der Waals surface area contributed by atoms with E-state index < -0.39 is 36.2 Å². The molecule has 1 aliphatic carbocycles. The first kappa shape index (κ1) is 23.8.